The maximum atomic E-state index is 12.0. The van der Waals surface area contributed by atoms with Gasteiger partial charge in [-0.15, -0.1) is 0 Å². The first-order valence-electron chi connectivity index (χ1n) is 7.74. The highest BCUT2D eigenvalue weighted by Gasteiger charge is 2.17. The predicted octanol–water partition coefficient (Wildman–Crippen LogP) is 3.37. The molecule has 0 aliphatic rings. The molecule has 0 aromatic heterocycles. The third-order valence-electron chi connectivity index (χ3n) is 3.21. The van der Waals surface area contributed by atoms with Gasteiger partial charge in [0.1, 0.15) is 12.4 Å². The first-order chi connectivity index (χ1) is 11.6. The average Bonchev–Trinajstić information content (AvgIpc) is 2.61. The number of ether oxygens (including phenoxy) is 3. The Balaban J connectivity index is 1.91. The number of hydrogen-bond acceptors (Lipinski definition) is 5. The molecule has 2 aromatic rings. The van der Waals surface area contributed by atoms with Crippen molar-refractivity contribution in [3.05, 3.63) is 65.7 Å². The number of esters is 2. The summed E-state index contributed by atoms with van der Waals surface area (Å²) < 4.78 is 15.7. The van der Waals surface area contributed by atoms with Crippen LogP contribution in [0.5, 0.6) is 5.75 Å². The lowest BCUT2D eigenvalue weighted by Gasteiger charge is -2.14. The third kappa shape index (κ3) is 5.12. The van der Waals surface area contributed by atoms with Gasteiger partial charge >= 0.3 is 11.9 Å². The van der Waals surface area contributed by atoms with Crippen molar-refractivity contribution < 1.29 is 23.8 Å². The molecule has 2 rings (SSSR count). The molecular formula is C19H20O5. The highest BCUT2D eigenvalue weighted by Crippen LogP contribution is 2.16. The minimum Gasteiger partial charge on any atom is -0.479 e. The normalized spacial score (nSPS) is 11.4. The molecule has 0 saturated carbocycles. The van der Waals surface area contributed by atoms with Crippen LogP contribution in [0.15, 0.2) is 54.6 Å². The van der Waals surface area contributed by atoms with Crippen molar-refractivity contribution in [1.29, 1.82) is 0 Å². The molecule has 0 aliphatic carbocycles. The lowest BCUT2D eigenvalue weighted by atomic mass is 10.2. The van der Waals surface area contributed by atoms with Gasteiger partial charge in [-0.2, -0.15) is 0 Å². The molecule has 0 spiro atoms. The number of hydrogen-bond donors (Lipinski definition) is 0. The second kappa shape index (κ2) is 8.72. The molecule has 126 valence electrons. The second-order valence-electron chi connectivity index (χ2n) is 5.10. The van der Waals surface area contributed by atoms with Gasteiger partial charge in [-0.05, 0) is 37.6 Å². The highest BCUT2D eigenvalue weighted by atomic mass is 16.6. The van der Waals surface area contributed by atoms with Crippen molar-refractivity contribution in [2.75, 3.05) is 6.61 Å². The molecule has 1 atom stereocenters. The van der Waals surface area contributed by atoms with Crippen LogP contribution in [-0.4, -0.2) is 24.6 Å². The molecule has 0 bridgehead atoms. The van der Waals surface area contributed by atoms with E-state index in [1.54, 1.807) is 38.1 Å². The lowest BCUT2D eigenvalue weighted by Crippen LogP contribution is -2.26. The fraction of sp³-hybridized carbons (Fsp3) is 0.263. The summed E-state index contributed by atoms with van der Waals surface area (Å²) in [6.07, 6.45) is -0.786. The van der Waals surface area contributed by atoms with E-state index in [0.717, 1.165) is 5.56 Å². The zero-order valence-corrected chi connectivity index (χ0v) is 13.7. The van der Waals surface area contributed by atoms with Crippen molar-refractivity contribution in [3.8, 4) is 5.75 Å². The Labute approximate surface area is 141 Å². The SMILES string of the molecule is CCOC(=O)c1cccc(OC(C)C(=O)OCc2ccccc2)c1. The maximum Gasteiger partial charge on any atom is 0.347 e. The molecule has 5 heteroatoms. The van der Waals surface area contributed by atoms with Gasteiger partial charge < -0.3 is 14.2 Å². The first kappa shape index (κ1) is 17.5. The van der Waals surface area contributed by atoms with Crippen LogP contribution in [0.1, 0.15) is 29.8 Å². The summed E-state index contributed by atoms with van der Waals surface area (Å²) in [5.74, 6) is -0.493. The van der Waals surface area contributed by atoms with E-state index >= 15 is 0 Å². The van der Waals surface area contributed by atoms with Crippen molar-refractivity contribution in [2.45, 2.75) is 26.6 Å². The summed E-state index contributed by atoms with van der Waals surface area (Å²) in [7, 11) is 0. The van der Waals surface area contributed by atoms with E-state index in [2.05, 4.69) is 0 Å². The van der Waals surface area contributed by atoms with Gasteiger partial charge in [0.05, 0.1) is 12.2 Å². The molecule has 0 fully saturated rings. The summed E-state index contributed by atoms with van der Waals surface area (Å²) in [6.45, 7) is 3.83. The van der Waals surface area contributed by atoms with Crippen molar-refractivity contribution in [1.82, 2.24) is 0 Å². The number of carbonyl (C=O) groups is 2. The van der Waals surface area contributed by atoms with E-state index in [9.17, 15) is 9.59 Å². The highest BCUT2D eigenvalue weighted by molar-refractivity contribution is 5.89. The fourth-order valence-corrected chi connectivity index (χ4v) is 2.01. The Morgan fingerprint density at radius 2 is 1.75 bits per heavy atom. The number of carbonyl (C=O) groups excluding carboxylic acids is 2. The molecule has 0 saturated heterocycles. The molecule has 1 unspecified atom stereocenters. The summed E-state index contributed by atoms with van der Waals surface area (Å²) in [6, 6.07) is 15.9. The summed E-state index contributed by atoms with van der Waals surface area (Å²) in [5, 5.41) is 0. The van der Waals surface area contributed by atoms with Gasteiger partial charge in [0.15, 0.2) is 6.10 Å². The van der Waals surface area contributed by atoms with Crippen LogP contribution in [0.25, 0.3) is 0 Å². The average molecular weight is 328 g/mol. The van der Waals surface area contributed by atoms with Gasteiger partial charge in [-0.25, -0.2) is 9.59 Å². The minimum absolute atomic E-state index is 0.191. The lowest BCUT2D eigenvalue weighted by molar-refractivity contribution is -0.152. The molecule has 5 nitrogen and oxygen atoms in total. The molecule has 0 N–H and O–H groups in total. The second-order valence-corrected chi connectivity index (χ2v) is 5.10. The van der Waals surface area contributed by atoms with Gasteiger partial charge in [0.2, 0.25) is 0 Å². The van der Waals surface area contributed by atoms with Crippen LogP contribution in [0.3, 0.4) is 0 Å². The monoisotopic (exact) mass is 328 g/mol. The zero-order chi connectivity index (χ0) is 17.4. The van der Waals surface area contributed by atoms with Crippen LogP contribution in [0.4, 0.5) is 0 Å². The standard InChI is InChI=1S/C19H20O5/c1-3-22-19(21)16-10-7-11-17(12-16)24-14(2)18(20)23-13-15-8-5-4-6-9-15/h4-12,14H,3,13H2,1-2H3. The van der Waals surface area contributed by atoms with Gasteiger partial charge in [-0.1, -0.05) is 36.4 Å². The molecule has 24 heavy (non-hydrogen) atoms. The number of rotatable bonds is 7. The molecule has 0 amide bonds. The number of benzene rings is 2. The Hall–Kier alpha value is -2.82. The molecule has 0 heterocycles. The van der Waals surface area contributed by atoms with E-state index in [1.165, 1.54) is 0 Å². The largest absolute Gasteiger partial charge is 0.479 e. The quantitative estimate of drug-likeness (QED) is 0.729. The van der Waals surface area contributed by atoms with Crippen LogP contribution < -0.4 is 4.74 Å². The molecule has 2 aromatic carbocycles. The molecular weight excluding hydrogens is 308 g/mol. The Morgan fingerprint density at radius 1 is 1.00 bits per heavy atom. The van der Waals surface area contributed by atoms with Crippen molar-refractivity contribution in [2.24, 2.45) is 0 Å². The Bertz CT molecular complexity index is 681. The van der Waals surface area contributed by atoms with Gasteiger partial charge in [0, 0.05) is 0 Å². The maximum absolute atomic E-state index is 12.0. The van der Waals surface area contributed by atoms with E-state index in [0.29, 0.717) is 17.9 Å². The van der Waals surface area contributed by atoms with E-state index in [-0.39, 0.29) is 6.61 Å². The van der Waals surface area contributed by atoms with Crippen LogP contribution in [-0.2, 0) is 20.9 Å². The van der Waals surface area contributed by atoms with Gasteiger partial charge in [0.25, 0.3) is 0 Å². The molecule has 0 radical (unpaired) electrons. The minimum atomic E-state index is -0.786. The molecule has 0 aliphatic heterocycles. The van der Waals surface area contributed by atoms with Gasteiger partial charge in [-0.3, -0.25) is 0 Å². The summed E-state index contributed by atoms with van der Waals surface area (Å²) in [4.78, 5) is 23.7. The zero-order valence-electron chi connectivity index (χ0n) is 13.7. The predicted molar refractivity (Wildman–Crippen MR) is 88.7 cm³/mol. The van der Waals surface area contributed by atoms with E-state index in [1.807, 2.05) is 30.3 Å². The summed E-state index contributed by atoms with van der Waals surface area (Å²) >= 11 is 0. The smallest absolute Gasteiger partial charge is 0.347 e. The third-order valence-corrected chi connectivity index (χ3v) is 3.21. The van der Waals surface area contributed by atoms with Crippen LogP contribution >= 0.6 is 0 Å². The summed E-state index contributed by atoms with van der Waals surface area (Å²) in [5.41, 5.74) is 1.28. The fourth-order valence-electron chi connectivity index (χ4n) is 2.01. The Kier molecular flexibility index (Phi) is 6.37. The van der Waals surface area contributed by atoms with Crippen molar-refractivity contribution >= 4 is 11.9 Å². The Morgan fingerprint density at radius 3 is 2.46 bits per heavy atom. The van der Waals surface area contributed by atoms with Crippen LogP contribution in [0, 0.1) is 0 Å². The van der Waals surface area contributed by atoms with Crippen molar-refractivity contribution in [3.63, 3.8) is 0 Å². The van der Waals surface area contributed by atoms with Crippen LogP contribution in [0.2, 0.25) is 0 Å². The van der Waals surface area contributed by atoms with E-state index < -0.39 is 18.0 Å². The van der Waals surface area contributed by atoms with E-state index in [4.69, 9.17) is 14.2 Å². The first-order valence-corrected chi connectivity index (χ1v) is 7.74. The topological polar surface area (TPSA) is 61.8 Å².